The van der Waals surface area contributed by atoms with Crippen molar-refractivity contribution in [3.05, 3.63) is 83.7 Å². The summed E-state index contributed by atoms with van der Waals surface area (Å²) in [6.07, 6.45) is 4.83. The molecule has 1 amide bonds. The second-order valence-corrected chi connectivity index (χ2v) is 8.88. The van der Waals surface area contributed by atoms with Gasteiger partial charge in [-0.05, 0) is 72.0 Å². The van der Waals surface area contributed by atoms with E-state index >= 15 is 0 Å². The molecule has 1 N–H and O–H groups in total. The van der Waals surface area contributed by atoms with E-state index in [1.54, 1.807) is 6.20 Å². The fourth-order valence-electron chi connectivity index (χ4n) is 4.81. The maximum absolute atomic E-state index is 13.5. The number of nitrogens with zero attached hydrogens (tertiary/aromatic N) is 3. The fraction of sp³-hybridized carbons (Fsp3) is 0.250. The zero-order chi connectivity index (χ0) is 22.9. The molecule has 0 atom stereocenters. The Morgan fingerprint density at radius 2 is 1.85 bits per heavy atom. The van der Waals surface area contributed by atoms with E-state index in [0.29, 0.717) is 17.9 Å². The number of ether oxygens (including phenoxy) is 1. The molecule has 2 aromatic heterocycles. The first-order valence-corrected chi connectivity index (χ1v) is 11.9. The van der Waals surface area contributed by atoms with E-state index in [9.17, 15) is 4.79 Å². The van der Waals surface area contributed by atoms with Gasteiger partial charge in [0.15, 0.2) is 0 Å². The van der Waals surface area contributed by atoms with Crippen LogP contribution in [0.2, 0.25) is 0 Å². The minimum absolute atomic E-state index is 0.0743. The van der Waals surface area contributed by atoms with Crippen LogP contribution < -0.4 is 10.1 Å². The van der Waals surface area contributed by atoms with Gasteiger partial charge in [0.1, 0.15) is 11.6 Å². The lowest BCUT2D eigenvalue weighted by Crippen LogP contribution is -2.28. The van der Waals surface area contributed by atoms with E-state index in [0.717, 1.165) is 72.4 Å². The zero-order valence-corrected chi connectivity index (χ0v) is 19.0. The number of carbonyl (C=O) groups is 1. The van der Waals surface area contributed by atoms with Crippen molar-refractivity contribution < 1.29 is 9.53 Å². The Hall–Kier alpha value is -3.93. The van der Waals surface area contributed by atoms with Gasteiger partial charge >= 0.3 is 0 Å². The second kappa shape index (κ2) is 8.78. The first-order valence-electron chi connectivity index (χ1n) is 11.9. The molecular formula is C28H26N4O2. The lowest BCUT2D eigenvalue weighted by Gasteiger charge is -2.18. The first kappa shape index (κ1) is 20.7. The van der Waals surface area contributed by atoms with Gasteiger partial charge in [0, 0.05) is 31.1 Å². The molecule has 1 saturated heterocycles. The zero-order valence-electron chi connectivity index (χ0n) is 19.0. The molecule has 4 aromatic rings. The highest BCUT2D eigenvalue weighted by atomic mass is 16.5. The normalized spacial score (nSPS) is 14.8. The topological polar surface area (TPSA) is 67.3 Å². The molecule has 2 aromatic carbocycles. The third-order valence-corrected chi connectivity index (χ3v) is 6.63. The van der Waals surface area contributed by atoms with Crippen molar-refractivity contribution in [2.24, 2.45) is 0 Å². The minimum Gasteiger partial charge on any atom is -0.493 e. The molecule has 2 aliphatic rings. The van der Waals surface area contributed by atoms with Gasteiger partial charge in [0.2, 0.25) is 0 Å². The number of carbonyl (C=O) groups excluding carboxylic acids is 1. The number of aromatic nitrogens is 2. The SMILES string of the molecule is O=C(c1cc(NCc2ccccn2)nc2ccc(-c3ccc4c(c3)CCO4)cc12)N1CCCC1. The molecule has 0 bridgehead atoms. The van der Waals surface area contributed by atoms with Crippen molar-refractivity contribution in [3.8, 4) is 16.9 Å². The van der Waals surface area contributed by atoms with E-state index in [1.165, 1.54) is 5.56 Å². The van der Waals surface area contributed by atoms with E-state index in [-0.39, 0.29) is 5.91 Å². The third kappa shape index (κ3) is 3.96. The van der Waals surface area contributed by atoms with Crippen LogP contribution in [0.3, 0.4) is 0 Å². The molecule has 6 rings (SSSR count). The number of benzene rings is 2. The summed E-state index contributed by atoms with van der Waals surface area (Å²) in [6, 6.07) is 20.3. The first-order chi connectivity index (χ1) is 16.7. The van der Waals surface area contributed by atoms with Gasteiger partial charge in [0.25, 0.3) is 5.91 Å². The Labute approximate surface area is 198 Å². The number of hydrogen-bond acceptors (Lipinski definition) is 5. The van der Waals surface area contributed by atoms with Crippen LogP contribution in [0, 0.1) is 0 Å². The molecule has 0 saturated carbocycles. The largest absolute Gasteiger partial charge is 0.493 e. The molecule has 0 aliphatic carbocycles. The lowest BCUT2D eigenvalue weighted by atomic mass is 9.98. The van der Waals surface area contributed by atoms with Gasteiger partial charge in [-0.1, -0.05) is 18.2 Å². The third-order valence-electron chi connectivity index (χ3n) is 6.63. The maximum atomic E-state index is 13.5. The summed E-state index contributed by atoms with van der Waals surface area (Å²) in [5.74, 6) is 1.73. The van der Waals surface area contributed by atoms with Gasteiger partial charge in [-0.2, -0.15) is 0 Å². The summed E-state index contributed by atoms with van der Waals surface area (Å²) in [5.41, 5.74) is 5.87. The van der Waals surface area contributed by atoms with Gasteiger partial charge in [0.05, 0.1) is 29.9 Å². The summed E-state index contributed by atoms with van der Waals surface area (Å²) in [7, 11) is 0. The minimum atomic E-state index is 0.0743. The standard InChI is InChI=1S/C28H26N4O2/c33-28(32-12-3-4-13-32)24-17-27(30-18-22-5-1-2-11-29-22)31-25-8-6-20(16-23(24)25)19-7-9-26-21(15-19)10-14-34-26/h1-2,5-9,11,15-17H,3-4,10,12-14,18H2,(H,30,31). The van der Waals surface area contributed by atoms with Gasteiger partial charge in [-0.15, -0.1) is 0 Å². The number of nitrogens with one attached hydrogen (secondary N) is 1. The predicted octanol–water partition coefficient (Wildman–Crippen LogP) is 5.08. The molecule has 1 fully saturated rings. The molecule has 34 heavy (non-hydrogen) atoms. The van der Waals surface area contributed by atoms with Crippen molar-refractivity contribution in [1.29, 1.82) is 0 Å². The number of fused-ring (bicyclic) bond motifs is 2. The number of rotatable bonds is 5. The highest BCUT2D eigenvalue weighted by molar-refractivity contribution is 6.08. The summed E-state index contributed by atoms with van der Waals surface area (Å²) in [5, 5.41) is 4.24. The van der Waals surface area contributed by atoms with E-state index in [4.69, 9.17) is 9.72 Å². The number of pyridine rings is 2. The maximum Gasteiger partial charge on any atom is 0.254 e. The summed E-state index contributed by atoms with van der Waals surface area (Å²) < 4.78 is 5.66. The van der Waals surface area contributed by atoms with Crippen LogP contribution in [0.5, 0.6) is 5.75 Å². The lowest BCUT2D eigenvalue weighted by molar-refractivity contribution is 0.0794. The molecular weight excluding hydrogens is 424 g/mol. The summed E-state index contributed by atoms with van der Waals surface area (Å²) >= 11 is 0. The average molecular weight is 451 g/mol. The molecule has 6 heteroatoms. The van der Waals surface area contributed by atoms with Crippen LogP contribution in [0.15, 0.2) is 66.9 Å². The smallest absolute Gasteiger partial charge is 0.254 e. The Kier molecular flexibility index (Phi) is 5.34. The van der Waals surface area contributed by atoms with Gasteiger partial charge < -0.3 is 15.0 Å². The molecule has 4 heterocycles. The molecule has 0 unspecified atom stereocenters. The molecule has 6 nitrogen and oxygen atoms in total. The monoisotopic (exact) mass is 450 g/mol. The van der Waals surface area contributed by atoms with Crippen LogP contribution in [-0.4, -0.2) is 40.5 Å². The second-order valence-electron chi connectivity index (χ2n) is 8.88. The van der Waals surface area contributed by atoms with Crippen LogP contribution in [0.1, 0.15) is 34.5 Å². The van der Waals surface area contributed by atoms with E-state index in [2.05, 4.69) is 34.6 Å². The highest BCUT2D eigenvalue weighted by Crippen LogP contribution is 2.33. The van der Waals surface area contributed by atoms with Crippen molar-refractivity contribution in [2.45, 2.75) is 25.8 Å². The molecule has 170 valence electrons. The fourth-order valence-corrected chi connectivity index (χ4v) is 4.81. The van der Waals surface area contributed by atoms with Crippen LogP contribution in [0.25, 0.3) is 22.0 Å². The van der Waals surface area contributed by atoms with Gasteiger partial charge in [-0.25, -0.2) is 4.98 Å². The Morgan fingerprint density at radius 3 is 2.71 bits per heavy atom. The van der Waals surface area contributed by atoms with Crippen LogP contribution in [-0.2, 0) is 13.0 Å². The van der Waals surface area contributed by atoms with Gasteiger partial charge in [-0.3, -0.25) is 9.78 Å². The summed E-state index contributed by atoms with van der Waals surface area (Å²) in [6.45, 7) is 2.91. The van der Waals surface area contributed by atoms with Crippen molar-refractivity contribution in [2.75, 3.05) is 25.0 Å². The van der Waals surface area contributed by atoms with Crippen molar-refractivity contribution >= 4 is 22.6 Å². The van der Waals surface area contributed by atoms with Crippen LogP contribution in [0.4, 0.5) is 5.82 Å². The molecule has 2 aliphatic heterocycles. The average Bonchev–Trinajstić information content (AvgIpc) is 3.59. The Bertz CT molecular complexity index is 1360. The Morgan fingerprint density at radius 1 is 1.00 bits per heavy atom. The van der Waals surface area contributed by atoms with Crippen molar-refractivity contribution in [1.82, 2.24) is 14.9 Å². The number of hydrogen-bond donors (Lipinski definition) is 1. The van der Waals surface area contributed by atoms with Crippen molar-refractivity contribution in [3.63, 3.8) is 0 Å². The van der Waals surface area contributed by atoms with E-state index in [1.807, 2.05) is 41.3 Å². The summed E-state index contributed by atoms with van der Waals surface area (Å²) in [4.78, 5) is 24.7. The van der Waals surface area contributed by atoms with E-state index < -0.39 is 0 Å². The molecule has 0 spiro atoms. The number of likely N-dealkylation sites (tertiary alicyclic amines) is 1. The Balaban J connectivity index is 1.40. The molecule has 0 radical (unpaired) electrons. The predicted molar refractivity (Wildman–Crippen MR) is 133 cm³/mol. The van der Waals surface area contributed by atoms with Crippen LogP contribution >= 0.6 is 0 Å². The quantitative estimate of drug-likeness (QED) is 0.459. The highest BCUT2D eigenvalue weighted by Gasteiger charge is 2.23. The number of amides is 1. The number of anilines is 1.